The number of carboxylic acids is 1. The molecular formula is C16H32BN3O6S. The van der Waals surface area contributed by atoms with Gasteiger partial charge in [0.2, 0.25) is 0 Å². The molecule has 2 atom stereocenters. The van der Waals surface area contributed by atoms with Gasteiger partial charge in [-0.2, -0.15) is 17.0 Å². The maximum atomic E-state index is 13.2. The van der Waals surface area contributed by atoms with Crippen LogP contribution >= 0.6 is 0 Å². The minimum absolute atomic E-state index is 0.0283. The van der Waals surface area contributed by atoms with E-state index in [0.717, 1.165) is 19.3 Å². The van der Waals surface area contributed by atoms with Crippen LogP contribution in [0.1, 0.15) is 46.0 Å². The molecule has 1 heterocycles. The van der Waals surface area contributed by atoms with Gasteiger partial charge in [-0.25, -0.2) is 0 Å². The Hall–Kier alpha value is -0.715. The first-order valence-electron chi connectivity index (χ1n) is 9.63. The Labute approximate surface area is 161 Å². The van der Waals surface area contributed by atoms with Crippen molar-refractivity contribution in [3.63, 3.8) is 0 Å². The molecule has 5 N–H and O–H groups in total. The van der Waals surface area contributed by atoms with Crippen molar-refractivity contribution in [2.45, 2.75) is 63.9 Å². The summed E-state index contributed by atoms with van der Waals surface area (Å²) in [4.78, 5) is 11.8. The van der Waals surface area contributed by atoms with E-state index in [0.29, 0.717) is 25.3 Å². The average Bonchev–Trinajstić information content (AvgIpc) is 2.84. The van der Waals surface area contributed by atoms with Crippen molar-refractivity contribution in [2.75, 3.05) is 19.6 Å². The number of carbonyl (C=O) groups is 1. The fourth-order valence-electron chi connectivity index (χ4n) is 3.86. The smallest absolute Gasteiger partial charge is 0.451 e. The molecule has 0 aromatic heterocycles. The number of hydrogen-bond donors (Lipinski definition) is 4. The molecule has 9 nitrogen and oxygen atoms in total. The zero-order chi connectivity index (χ0) is 20.4. The average molecular weight is 405 g/mol. The van der Waals surface area contributed by atoms with Crippen LogP contribution in [0.4, 0.5) is 0 Å². The van der Waals surface area contributed by atoms with E-state index < -0.39 is 34.8 Å². The van der Waals surface area contributed by atoms with E-state index in [1.54, 1.807) is 0 Å². The van der Waals surface area contributed by atoms with E-state index in [4.69, 9.17) is 15.8 Å². The molecule has 2 rings (SSSR count). The molecule has 0 bridgehead atoms. The lowest BCUT2D eigenvalue weighted by Crippen LogP contribution is -2.56. The number of nitrogens with two attached hydrogens (primary N) is 1. The van der Waals surface area contributed by atoms with E-state index in [1.165, 1.54) is 8.61 Å². The van der Waals surface area contributed by atoms with Crippen LogP contribution in [-0.4, -0.2) is 76.5 Å². The van der Waals surface area contributed by atoms with Crippen molar-refractivity contribution in [1.29, 1.82) is 0 Å². The Bertz CT molecular complexity index is 628. The molecular weight excluding hydrogens is 373 g/mol. The highest BCUT2D eigenvalue weighted by Gasteiger charge is 2.53. The maximum absolute atomic E-state index is 13.2. The first-order valence-corrected chi connectivity index (χ1v) is 11.0. The quantitative estimate of drug-likeness (QED) is 0.366. The van der Waals surface area contributed by atoms with Crippen LogP contribution in [0.2, 0.25) is 6.32 Å². The Kier molecular flexibility index (Phi) is 7.31. The highest BCUT2D eigenvalue weighted by Crippen LogP contribution is 2.35. The first kappa shape index (κ1) is 22.6. The third-order valence-corrected chi connectivity index (χ3v) is 7.96. The van der Waals surface area contributed by atoms with Gasteiger partial charge < -0.3 is 20.9 Å². The summed E-state index contributed by atoms with van der Waals surface area (Å²) < 4.78 is 29.1. The predicted octanol–water partition coefficient (Wildman–Crippen LogP) is -0.291. The van der Waals surface area contributed by atoms with Gasteiger partial charge in [-0.15, -0.1) is 0 Å². The lowest BCUT2D eigenvalue weighted by molar-refractivity contribution is -0.144. The van der Waals surface area contributed by atoms with Gasteiger partial charge >= 0.3 is 13.1 Å². The van der Waals surface area contributed by atoms with Gasteiger partial charge in [0, 0.05) is 31.6 Å². The van der Waals surface area contributed by atoms with Crippen molar-refractivity contribution in [3.8, 4) is 0 Å². The Morgan fingerprint density at radius 3 is 2.44 bits per heavy atom. The summed E-state index contributed by atoms with van der Waals surface area (Å²) in [6.45, 7) is 3.84. The summed E-state index contributed by atoms with van der Waals surface area (Å²) in [5, 5.41) is 27.6. The molecule has 1 saturated carbocycles. The van der Waals surface area contributed by atoms with E-state index in [-0.39, 0.29) is 25.5 Å². The van der Waals surface area contributed by atoms with Gasteiger partial charge in [-0.3, -0.25) is 4.79 Å². The summed E-state index contributed by atoms with van der Waals surface area (Å²) in [5.74, 6) is -1.46. The standard InChI is InChI=1S/C16H32BN3O6S/c1-12(2)20(9-13-5-3-6-13)27(25,26)19-10-14(7-4-8-17(23)24)16(18,11-19)15(21)22/h12-14,23-24H,3-11,18H2,1-2H3,(H,21,22)/t14-,16-/m0/s1. The lowest BCUT2D eigenvalue weighted by atomic mass is 9.78. The molecule has 27 heavy (non-hydrogen) atoms. The van der Waals surface area contributed by atoms with E-state index in [1.807, 2.05) is 13.8 Å². The minimum atomic E-state index is -3.83. The van der Waals surface area contributed by atoms with Crippen molar-refractivity contribution in [1.82, 2.24) is 8.61 Å². The molecule has 11 heteroatoms. The SMILES string of the molecule is CC(C)N(CC1CCC1)S(=O)(=O)N1C[C@H](CCCB(O)O)[C@](N)(C(=O)O)C1. The molecule has 1 aliphatic carbocycles. The highest BCUT2D eigenvalue weighted by molar-refractivity contribution is 7.86. The van der Waals surface area contributed by atoms with E-state index in [9.17, 15) is 18.3 Å². The second-order valence-corrected chi connectivity index (χ2v) is 10.1. The Morgan fingerprint density at radius 2 is 2.00 bits per heavy atom. The third-order valence-electron chi connectivity index (χ3n) is 5.87. The largest absolute Gasteiger partial charge is 0.480 e. The zero-order valence-electron chi connectivity index (χ0n) is 16.1. The zero-order valence-corrected chi connectivity index (χ0v) is 16.9. The normalized spacial score (nSPS) is 27.3. The van der Waals surface area contributed by atoms with Crippen LogP contribution in [0.25, 0.3) is 0 Å². The maximum Gasteiger partial charge on any atom is 0.451 e. The number of aliphatic carboxylic acids is 1. The van der Waals surface area contributed by atoms with Gasteiger partial charge in [0.05, 0.1) is 0 Å². The van der Waals surface area contributed by atoms with Crippen LogP contribution < -0.4 is 5.73 Å². The number of hydrogen-bond acceptors (Lipinski definition) is 6. The molecule has 0 unspecified atom stereocenters. The van der Waals surface area contributed by atoms with Crippen LogP contribution in [0.5, 0.6) is 0 Å². The summed E-state index contributed by atoms with van der Waals surface area (Å²) in [5.41, 5.74) is 4.44. The molecule has 1 saturated heterocycles. The molecule has 1 aliphatic heterocycles. The van der Waals surface area contributed by atoms with Gasteiger partial charge in [-0.05, 0) is 45.3 Å². The topological polar surface area (TPSA) is 144 Å². The van der Waals surface area contributed by atoms with E-state index >= 15 is 0 Å². The van der Waals surface area contributed by atoms with Crippen LogP contribution in [0, 0.1) is 11.8 Å². The number of carboxylic acid groups (broad SMARTS) is 1. The number of nitrogens with zero attached hydrogens (tertiary/aromatic N) is 2. The molecule has 2 aliphatic rings. The molecule has 0 aromatic carbocycles. The summed E-state index contributed by atoms with van der Waals surface area (Å²) in [6, 6.07) is -0.226. The molecule has 0 amide bonds. The summed E-state index contributed by atoms with van der Waals surface area (Å²) in [7, 11) is -5.30. The molecule has 2 fully saturated rings. The van der Waals surface area contributed by atoms with Crippen molar-refractivity contribution in [3.05, 3.63) is 0 Å². The second-order valence-electron chi connectivity index (χ2n) is 8.21. The summed E-state index contributed by atoms with van der Waals surface area (Å²) >= 11 is 0. The van der Waals surface area contributed by atoms with E-state index in [2.05, 4.69) is 0 Å². The van der Waals surface area contributed by atoms with Crippen molar-refractivity contribution >= 4 is 23.3 Å². The summed E-state index contributed by atoms with van der Waals surface area (Å²) in [6.07, 6.45) is 3.92. The van der Waals surface area contributed by atoms with Gasteiger partial charge in [-0.1, -0.05) is 12.8 Å². The minimum Gasteiger partial charge on any atom is -0.480 e. The van der Waals surface area contributed by atoms with Crippen LogP contribution in [0.3, 0.4) is 0 Å². The molecule has 0 spiro atoms. The fourth-order valence-corrected chi connectivity index (χ4v) is 5.83. The molecule has 0 aromatic rings. The third kappa shape index (κ3) is 5.01. The van der Waals surface area contributed by atoms with Gasteiger partial charge in [0.15, 0.2) is 0 Å². The molecule has 156 valence electrons. The number of rotatable bonds is 10. The van der Waals surface area contributed by atoms with Crippen LogP contribution in [-0.2, 0) is 15.0 Å². The van der Waals surface area contributed by atoms with Gasteiger partial charge in [0.25, 0.3) is 10.2 Å². The van der Waals surface area contributed by atoms with Crippen molar-refractivity contribution < 1.29 is 28.4 Å². The lowest BCUT2D eigenvalue weighted by Gasteiger charge is -2.36. The van der Waals surface area contributed by atoms with Crippen molar-refractivity contribution in [2.24, 2.45) is 17.6 Å². The second kappa shape index (κ2) is 8.75. The van der Waals surface area contributed by atoms with Crippen LogP contribution in [0.15, 0.2) is 0 Å². The Balaban J connectivity index is 2.16. The van der Waals surface area contributed by atoms with Gasteiger partial charge in [0.1, 0.15) is 5.54 Å². The fraction of sp³-hybridized carbons (Fsp3) is 0.938. The Morgan fingerprint density at radius 1 is 1.37 bits per heavy atom. The predicted molar refractivity (Wildman–Crippen MR) is 102 cm³/mol. The molecule has 0 radical (unpaired) electrons. The monoisotopic (exact) mass is 405 g/mol. The first-order chi connectivity index (χ1) is 12.5. The highest BCUT2D eigenvalue weighted by atomic mass is 32.2.